The molecule has 0 saturated heterocycles. The minimum atomic E-state index is -0.638. The molecule has 6 nitrogen and oxygen atoms in total. The molecule has 0 spiro atoms. The van der Waals surface area contributed by atoms with E-state index in [9.17, 15) is 4.79 Å². The standard InChI is InChI=1S/C18H16Br2N2O4/c1-10(23)22-18(11-4-6-12(19)7-5-11)26-17(21-22)13-8-14(20)16(25-3)9-15(13)24-2/h4-9,18H,1-3H3/t18-/m0/s1. The zero-order valence-corrected chi connectivity index (χ0v) is 17.5. The van der Waals surface area contributed by atoms with Crippen molar-refractivity contribution in [2.45, 2.75) is 13.2 Å². The van der Waals surface area contributed by atoms with Crippen LogP contribution in [0.4, 0.5) is 0 Å². The summed E-state index contributed by atoms with van der Waals surface area (Å²) in [6.07, 6.45) is -0.638. The van der Waals surface area contributed by atoms with Crippen molar-refractivity contribution in [3.8, 4) is 11.5 Å². The number of hydrogen-bond donors (Lipinski definition) is 0. The van der Waals surface area contributed by atoms with E-state index >= 15 is 0 Å². The highest BCUT2D eigenvalue weighted by atomic mass is 79.9. The lowest BCUT2D eigenvalue weighted by Crippen LogP contribution is -2.25. The second kappa shape index (κ2) is 7.67. The molecule has 0 radical (unpaired) electrons. The number of carbonyl (C=O) groups excluding carboxylic acids is 1. The maximum atomic E-state index is 12.1. The molecule has 0 unspecified atom stereocenters. The number of hydrazone groups is 1. The summed E-state index contributed by atoms with van der Waals surface area (Å²) >= 11 is 6.86. The molecule has 0 saturated carbocycles. The van der Waals surface area contributed by atoms with Gasteiger partial charge in [-0.1, -0.05) is 28.1 Å². The number of rotatable bonds is 4. The molecule has 3 rings (SSSR count). The second-order valence-electron chi connectivity index (χ2n) is 5.48. The van der Waals surface area contributed by atoms with Crippen LogP contribution in [-0.2, 0) is 9.53 Å². The monoisotopic (exact) mass is 482 g/mol. The van der Waals surface area contributed by atoms with Crippen molar-refractivity contribution >= 4 is 43.7 Å². The van der Waals surface area contributed by atoms with E-state index in [1.165, 1.54) is 11.9 Å². The van der Waals surface area contributed by atoms with Crippen LogP contribution < -0.4 is 9.47 Å². The third-order valence-electron chi connectivity index (χ3n) is 3.83. The molecular weight excluding hydrogens is 468 g/mol. The highest BCUT2D eigenvalue weighted by molar-refractivity contribution is 9.10. The summed E-state index contributed by atoms with van der Waals surface area (Å²) in [6, 6.07) is 11.1. The average Bonchev–Trinajstić information content (AvgIpc) is 3.07. The van der Waals surface area contributed by atoms with Gasteiger partial charge >= 0.3 is 0 Å². The van der Waals surface area contributed by atoms with Gasteiger partial charge in [0, 0.05) is 23.0 Å². The summed E-state index contributed by atoms with van der Waals surface area (Å²) in [6.45, 7) is 1.45. The van der Waals surface area contributed by atoms with Crippen LogP contribution in [0.15, 0.2) is 50.4 Å². The van der Waals surface area contributed by atoms with Gasteiger partial charge < -0.3 is 14.2 Å². The van der Waals surface area contributed by atoms with Gasteiger partial charge in [-0.05, 0) is 34.1 Å². The number of halogens is 2. The lowest BCUT2D eigenvalue weighted by atomic mass is 10.1. The summed E-state index contributed by atoms with van der Waals surface area (Å²) in [7, 11) is 3.13. The molecule has 136 valence electrons. The number of nitrogens with zero attached hydrogens (tertiary/aromatic N) is 2. The number of benzene rings is 2. The Morgan fingerprint density at radius 3 is 2.35 bits per heavy atom. The fourth-order valence-corrected chi connectivity index (χ4v) is 3.32. The first-order chi connectivity index (χ1) is 12.4. The van der Waals surface area contributed by atoms with E-state index in [2.05, 4.69) is 37.0 Å². The van der Waals surface area contributed by atoms with Gasteiger partial charge in [0.25, 0.3) is 0 Å². The summed E-state index contributed by atoms with van der Waals surface area (Å²) in [4.78, 5) is 12.1. The first-order valence-corrected chi connectivity index (χ1v) is 9.25. The maximum Gasteiger partial charge on any atom is 0.244 e. The van der Waals surface area contributed by atoms with Crippen molar-refractivity contribution < 1.29 is 19.0 Å². The van der Waals surface area contributed by atoms with Gasteiger partial charge in [-0.3, -0.25) is 4.79 Å². The first-order valence-electron chi connectivity index (χ1n) is 7.67. The van der Waals surface area contributed by atoms with Crippen LogP contribution in [0.5, 0.6) is 11.5 Å². The van der Waals surface area contributed by atoms with Gasteiger partial charge in [0.2, 0.25) is 18.0 Å². The van der Waals surface area contributed by atoms with Crippen molar-refractivity contribution in [2.75, 3.05) is 14.2 Å². The van der Waals surface area contributed by atoms with E-state index in [0.29, 0.717) is 23.0 Å². The molecule has 2 aromatic rings. The summed E-state index contributed by atoms with van der Waals surface area (Å²) in [5, 5.41) is 5.68. The molecule has 26 heavy (non-hydrogen) atoms. The van der Waals surface area contributed by atoms with Crippen LogP contribution in [0.1, 0.15) is 24.3 Å². The maximum absolute atomic E-state index is 12.1. The minimum Gasteiger partial charge on any atom is -0.496 e. The third kappa shape index (κ3) is 3.57. The van der Waals surface area contributed by atoms with Crippen LogP contribution in [0.3, 0.4) is 0 Å². The van der Waals surface area contributed by atoms with Crippen LogP contribution in [0.25, 0.3) is 0 Å². The Morgan fingerprint density at radius 2 is 1.77 bits per heavy atom. The SMILES string of the molecule is COc1cc(OC)c(C2=NN(C(C)=O)[C@H](c3ccc(Br)cc3)O2)cc1Br. The second-order valence-corrected chi connectivity index (χ2v) is 7.25. The Hall–Kier alpha value is -2.06. The minimum absolute atomic E-state index is 0.223. The van der Waals surface area contributed by atoms with Crippen LogP contribution >= 0.6 is 31.9 Å². The van der Waals surface area contributed by atoms with E-state index in [1.54, 1.807) is 26.4 Å². The summed E-state index contributed by atoms with van der Waals surface area (Å²) < 4.78 is 18.4. The summed E-state index contributed by atoms with van der Waals surface area (Å²) in [5.41, 5.74) is 1.43. The molecule has 1 amide bonds. The fourth-order valence-electron chi connectivity index (χ4n) is 2.55. The van der Waals surface area contributed by atoms with E-state index in [0.717, 1.165) is 14.5 Å². The Kier molecular flexibility index (Phi) is 5.52. The van der Waals surface area contributed by atoms with Gasteiger partial charge in [0.05, 0.1) is 24.3 Å². The van der Waals surface area contributed by atoms with Gasteiger partial charge in [-0.15, -0.1) is 5.10 Å². The van der Waals surface area contributed by atoms with Gasteiger partial charge in [0.1, 0.15) is 11.5 Å². The lowest BCUT2D eigenvalue weighted by Gasteiger charge is -2.19. The van der Waals surface area contributed by atoms with Crippen LogP contribution in [0, 0.1) is 0 Å². The zero-order valence-electron chi connectivity index (χ0n) is 14.3. The fraction of sp³-hybridized carbons (Fsp3) is 0.222. The first kappa shape index (κ1) is 18.7. The molecule has 1 heterocycles. The van der Waals surface area contributed by atoms with Crippen molar-refractivity contribution in [3.05, 3.63) is 56.5 Å². The van der Waals surface area contributed by atoms with Gasteiger partial charge in [-0.25, -0.2) is 0 Å². The average molecular weight is 484 g/mol. The van der Waals surface area contributed by atoms with E-state index in [1.807, 2.05) is 24.3 Å². The van der Waals surface area contributed by atoms with Crippen molar-refractivity contribution in [2.24, 2.45) is 5.10 Å². The Labute approximate surface area is 168 Å². The van der Waals surface area contributed by atoms with Crippen LogP contribution in [-0.4, -0.2) is 31.0 Å². The molecule has 1 atom stereocenters. The van der Waals surface area contributed by atoms with E-state index in [4.69, 9.17) is 14.2 Å². The topological polar surface area (TPSA) is 60.4 Å². The Morgan fingerprint density at radius 1 is 1.12 bits per heavy atom. The molecule has 0 aromatic heterocycles. The molecule has 0 N–H and O–H groups in total. The quantitative estimate of drug-likeness (QED) is 0.643. The molecule has 8 heteroatoms. The third-order valence-corrected chi connectivity index (χ3v) is 4.97. The van der Waals surface area contributed by atoms with Crippen molar-refractivity contribution in [1.82, 2.24) is 5.01 Å². The molecule has 0 bridgehead atoms. The largest absolute Gasteiger partial charge is 0.496 e. The predicted molar refractivity (Wildman–Crippen MR) is 104 cm³/mol. The Balaban J connectivity index is 2.01. The number of methoxy groups -OCH3 is 2. The number of carbonyl (C=O) groups is 1. The van der Waals surface area contributed by atoms with Gasteiger partial charge in [0.15, 0.2) is 0 Å². The molecule has 2 aromatic carbocycles. The molecular formula is C18H16Br2N2O4. The van der Waals surface area contributed by atoms with E-state index < -0.39 is 6.23 Å². The predicted octanol–water partition coefficient (Wildman–Crippen LogP) is 4.47. The molecule has 1 aliphatic rings. The molecule has 0 aliphatic carbocycles. The lowest BCUT2D eigenvalue weighted by molar-refractivity contribution is -0.135. The Bertz CT molecular complexity index is 868. The number of amides is 1. The highest BCUT2D eigenvalue weighted by Crippen LogP contribution is 2.37. The normalized spacial score (nSPS) is 16.1. The molecule has 0 fully saturated rings. The highest BCUT2D eigenvalue weighted by Gasteiger charge is 2.34. The number of hydrogen-bond acceptors (Lipinski definition) is 5. The summed E-state index contributed by atoms with van der Waals surface area (Å²) in [5.74, 6) is 1.23. The zero-order chi connectivity index (χ0) is 18.8. The van der Waals surface area contributed by atoms with Crippen LogP contribution in [0.2, 0.25) is 0 Å². The van der Waals surface area contributed by atoms with Crippen molar-refractivity contribution in [1.29, 1.82) is 0 Å². The molecule has 1 aliphatic heterocycles. The van der Waals surface area contributed by atoms with E-state index in [-0.39, 0.29) is 5.91 Å². The smallest absolute Gasteiger partial charge is 0.244 e. The van der Waals surface area contributed by atoms with Gasteiger partial charge in [-0.2, -0.15) is 5.01 Å². The van der Waals surface area contributed by atoms with Crippen molar-refractivity contribution in [3.63, 3.8) is 0 Å². The number of ether oxygens (including phenoxy) is 3.